The lowest BCUT2D eigenvalue weighted by molar-refractivity contribution is -0.115. The van der Waals surface area contributed by atoms with Gasteiger partial charge < -0.3 is 29.7 Å². The molecule has 1 aromatic carbocycles. The predicted molar refractivity (Wildman–Crippen MR) is 109 cm³/mol. The van der Waals surface area contributed by atoms with Gasteiger partial charge in [-0.1, -0.05) is 0 Å². The number of nitrogens with zero attached hydrogens (tertiary/aromatic N) is 1. The van der Waals surface area contributed by atoms with Crippen molar-refractivity contribution in [3.63, 3.8) is 0 Å². The summed E-state index contributed by atoms with van der Waals surface area (Å²) in [7, 11) is 0. The summed E-state index contributed by atoms with van der Waals surface area (Å²) in [6, 6.07) is 3.21. The third-order valence-corrected chi connectivity index (χ3v) is 4.66. The molecule has 4 rings (SSSR count). The number of anilines is 1. The molecule has 0 atom stereocenters. The van der Waals surface area contributed by atoms with Gasteiger partial charge in [0.05, 0.1) is 17.4 Å². The fourth-order valence-corrected chi connectivity index (χ4v) is 3.16. The van der Waals surface area contributed by atoms with Gasteiger partial charge in [-0.2, -0.15) is 0 Å². The van der Waals surface area contributed by atoms with Crippen LogP contribution in [0.4, 0.5) is 5.69 Å². The highest BCUT2D eigenvalue weighted by atomic mass is 16.7. The largest absolute Gasteiger partial charge is 0.454 e. The maximum atomic E-state index is 12.9. The summed E-state index contributed by atoms with van der Waals surface area (Å²) in [4.78, 5) is 64.4. The number of aryl methyl sites for hydroxylation is 1. The molecule has 2 aromatic heterocycles. The van der Waals surface area contributed by atoms with Crippen LogP contribution in [0.3, 0.4) is 0 Å². The molecule has 0 saturated heterocycles. The molecular weight excluding hydrogens is 410 g/mol. The highest BCUT2D eigenvalue weighted by Crippen LogP contribution is 2.35. The molecule has 0 bridgehead atoms. The molecule has 0 saturated carbocycles. The maximum Gasteiger partial charge on any atom is 0.325 e. The summed E-state index contributed by atoms with van der Waals surface area (Å²) in [5.41, 5.74) is -1.78. The van der Waals surface area contributed by atoms with Crippen molar-refractivity contribution >= 4 is 28.4 Å². The van der Waals surface area contributed by atoms with Gasteiger partial charge in [-0.25, -0.2) is 4.79 Å². The molecule has 2 amide bonds. The Bertz CT molecular complexity index is 1390. The van der Waals surface area contributed by atoms with Crippen LogP contribution in [0.1, 0.15) is 17.3 Å². The highest BCUT2D eigenvalue weighted by Gasteiger charge is 2.21. The van der Waals surface area contributed by atoms with Gasteiger partial charge in [0.25, 0.3) is 11.5 Å². The second-order valence-electron chi connectivity index (χ2n) is 6.60. The number of hydrogen-bond donors (Lipinski definition) is 4. The molecule has 12 heteroatoms. The zero-order valence-electron chi connectivity index (χ0n) is 16.2. The minimum absolute atomic E-state index is 0.0482. The summed E-state index contributed by atoms with van der Waals surface area (Å²) >= 11 is 0. The van der Waals surface area contributed by atoms with Gasteiger partial charge in [0.15, 0.2) is 11.5 Å². The molecule has 4 N–H and O–H groups in total. The lowest BCUT2D eigenvalue weighted by Crippen LogP contribution is -2.37. The molecule has 3 heterocycles. The van der Waals surface area contributed by atoms with Crippen LogP contribution in [0, 0.1) is 0 Å². The van der Waals surface area contributed by atoms with E-state index in [1.165, 1.54) is 12.3 Å². The molecule has 31 heavy (non-hydrogen) atoms. The van der Waals surface area contributed by atoms with Crippen LogP contribution in [0.15, 0.2) is 38.9 Å². The summed E-state index contributed by atoms with van der Waals surface area (Å²) in [5, 5.41) is 4.89. The molecule has 0 unspecified atom stereocenters. The number of hydrogen-bond acceptors (Lipinski definition) is 7. The topological polar surface area (TPSA) is 164 Å². The van der Waals surface area contributed by atoms with Gasteiger partial charge in [0, 0.05) is 25.0 Å². The van der Waals surface area contributed by atoms with E-state index in [0.29, 0.717) is 23.6 Å². The normalized spacial score (nSPS) is 12.0. The SMILES string of the molecule is CCn1cc(C(=O)NCC(=O)Nc2c[nH]c(=O)[nH]c2=O)c(=O)c2cc3c(cc21)OCO3. The van der Waals surface area contributed by atoms with Crippen molar-refractivity contribution in [1.29, 1.82) is 0 Å². The van der Waals surface area contributed by atoms with Gasteiger partial charge in [-0.15, -0.1) is 0 Å². The van der Waals surface area contributed by atoms with Crippen molar-refractivity contribution in [2.45, 2.75) is 13.5 Å². The number of carbonyl (C=O) groups excluding carboxylic acids is 2. The quantitative estimate of drug-likeness (QED) is 0.426. The van der Waals surface area contributed by atoms with Gasteiger partial charge in [0.2, 0.25) is 18.1 Å². The summed E-state index contributed by atoms with van der Waals surface area (Å²) < 4.78 is 12.4. The Balaban J connectivity index is 1.56. The number of aromatic amines is 2. The van der Waals surface area contributed by atoms with E-state index in [2.05, 4.69) is 15.6 Å². The first-order chi connectivity index (χ1) is 14.9. The molecule has 0 radical (unpaired) electrons. The average Bonchev–Trinajstić information content (AvgIpc) is 3.21. The van der Waals surface area contributed by atoms with Gasteiger partial charge in [-0.3, -0.25) is 24.2 Å². The Kier molecular flexibility index (Phi) is 5.03. The minimum atomic E-state index is -0.789. The number of carbonyl (C=O) groups is 2. The molecule has 0 spiro atoms. The van der Waals surface area contributed by atoms with E-state index in [1.807, 2.05) is 11.9 Å². The second-order valence-corrected chi connectivity index (χ2v) is 6.60. The first-order valence-electron chi connectivity index (χ1n) is 9.24. The number of fused-ring (bicyclic) bond motifs is 2. The van der Waals surface area contributed by atoms with E-state index in [4.69, 9.17) is 9.47 Å². The van der Waals surface area contributed by atoms with Gasteiger partial charge >= 0.3 is 5.69 Å². The molecule has 0 aliphatic carbocycles. The molecule has 1 aliphatic rings. The molecular formula is C19H17N5O7. The number of benzene rings is 1. The lowest BCUT2D eigenvalue weighted by atomic mass is 10.1. The van der Waals surface area contributed by atoms with Crippen LogP contribution in [0.2, 0.25) is 0 Å². The number of amides is 2. The summed E-state index contributed by atoms with van der Waals surface area (Å²) in [5.74, 6) is -0.543. The van der Waals surface area contributed by atoms with Crippen LogP contribution in [-0.2, 0) is 11.3 Å². The Morgan fingerprint density at radius 2 is 1.90 bits per heavy atom. The van der Waals surface area contributed by atoms with Gasteiger partial charge in [-0.05, 0) is 13.0 Å². The lowest BCUT2D eigenvalue weighted by Gasteiger charge is -2.12. The standard InChI is InChI=1S/C19H17N5O7/c1-2-24-7-10(16(26)9-3-13-14(4-12(9)24)31-8-30-13)17(27)20-6-15(25)22-11-5-21-19(29)23-18(11)28/h3-5,7H,2,6,8H2,1H3,(H,20,27)(H,22,25)(H2,21,23,28,29). The van der Waals surface area contributed by atoms with Crippen molar-refractivity contribution in [2.75, 3.05) is 18.7 Å². The number of aromatic nitrogens is 3. The fraction of sp³-hybridized carbons (Fsp3) is 0.211. The number of pyridine rings is 1. The van der Waals surface area contributed by atoms with E-state index in [9.17, 15) is 24.0 Å². The summed E-state index contributed by atoms with van der Waals surface area (Å²) in [6.07, 6.45) is 2.45. The number of nitrogens with one attached hydrogen (secondary N) is 4. The Labute approximate surface area is 172 Å². The third kappa shape index (κ3) is 3.77. The van der Waals surface area contributed by atoms with E-state index < -0.39 is 35.0 Å². The Morgan fingerprint density at radius 1 is 1.16 bits per heavy atom. The maximum absolute atomic E-state index is 12.9. The molecule has 1 aliphatic heterocycles. The van der Waals surface area contributed by atoms with Crippen molar-refractivity contribution in [3.05, 3.63) is 61.2 Å². The number of H-pyrrole nitrogens is 2. The first-order valence-corrected chi connectivity index (χ1v) is 9.24. The van der Waals surface area contributed by atoms with Crippen LogP contribution in [0.5, 0.6) is 11.5 Å². The highest BCUT2D eigenvalue weighted by molar-refractivity contribution is 6.01. The number of ether oxygens (including phenoxy) is 2. The second kappa shape index (κ2) is 7.82. The van der Waals surface area contributed by atoms with Crippen LogP contribution < -0.4 is 36.8 Å². The van der Waals surface area contributed by atoms with Crippen LogP contribution >= 0.6 is 0 Å². The Hall–Kier alpha value is -4.35. The van der Waals surface area contributed by atoms with Crippen molar-refractivity contribution in [3.8, 4) is 11.5 Å². The molecule has 12 nitrogen and oxygen atoms in total. The van der Waals surface area contributed by atoms with E-state index in [-0.39, 0.29) is 23.4 Å². The first kappa shape index (κ1) is 19.9. The average molecular weight is 427 g/mol. The van der Waals surface area contributed by atoms with Crippen LogP contribution in [0.25, 0.3) is 10.9 Å². The molecule has 3 aromatic rings. The van der Waals surface area contributed by atoms with Crippen molar-refractivity contribution in [2.24, 2.45) is 0 Å². The van der Waals surface area contributed by atoms with E-state index in [1.54, 1.807) is 10.6 Å². The zero-order valence-corrected chi connectivity index (χ0v) is 16.2. The minimum Gasteiger partial charge on any atom is -0.454 e. The predicted octanol–water partition coefficient (Wildman–Crippen LogP) is -0.505. The molecule has 0 fully saturated rings. The summed E-state index contributed by atoms with van der Waals surface area (Å²) in [6.45, 7) is 1.88. The van der Waals surface area contributed by atoms with Crippen molar-refractivity contribution < 1.29 is 19.1 Å². The smallest absolute Gasteiger partial charge is 0.325 e. The third-order valence-electron chi connectivity index (χ3n) is 4.66. The molecule has 160 valence electrons. The van der Waals surface area contributed by atoms with E-state index in [0.717, 1.165) is 6.20 Å². The fourth-order valence-electron chi connectivity index (χ4n) is 3.16. The Morgan fingerprint density at radius 3 is 2.61 bits per heavy atom. The van der Waals surface area contributed by atoms with Crippen LogP contribution in [-0.4, -0.2) is 39.7 Å². The zero-order chi connectivity index (χ0) is 22.1. The van der Waals surface area contributed by atoms with Crippen molar-refractivity contribution in [1.82, 2.24) is 19.9 Å². The monoisotopic (exact) mass is 427 g/mol. The van der Waals surface area contributed by atoms with Gasteiger partial charge in [0.1, 0.15) is 11.3 Å². The number of rotatable bonds is 5. The van der Waals surface area contributed by atoms with E-state index >= 15 is 0 Å².